The summed E-state index contributed by atoms with van der Waals surface area (Å²) in [5, 5.41) is 2.86. The van der Waals surface area contributed by atoms with Crippen LogP contribution in [0.5, 0.6) is 5.75 Å². The van der Waals surface area contributed by atoms with Gasteiger partial charge in [0.2, 0.25) is 5.91 Å². The molecular formula is C16H17BrN2O2. The van der Waals surface area contributed by atoms with E-state index in [9.17, 15) is 4.79 Å². The summed E-state index contributed by atoms with van der Waals surface area (Å²) in [6.07, 6.45) is 1.10. The number of hydrogen-bond acceptors (Lipinski definition) is 3. The fourth-order valence-electron chi connectivity index (χ4n) is 1.90. The molecule has 0 aliphatic heterocycles. The number of methoxy groups -OCH3 is 1. The van der Waals surface area contributed by atoms with Gasteiger partial charge in [0.15, 0.2) is 0 Å². The lowest BCUT2D eigenvalue weighted by atomic mass is 10.1. The van der Waals surface area contributed by atoms with Crippen molar-refractivity contribution >= 4 is 33.2 Å². The predicted molar refractivity (Wildman–Crippen MR) is 88.5 cm³/mol. The fraction of sp³-hybridized carbons (Fsp3) is 0.188. The molecule has 0 unspecified atom stereocenters. The predicted octanol–water partition coefficient (Wildman–Crippen LogP) is 3.61. The van der Waals surface area contributed by atoms with E-state index in [0.29, 0.717) is 18.6 Å². The summed E-state index contributed by atoms with van der Waals surface area (Å²) < 4.78 is 6.05. The lowest BCUT2D eigenvalue weighted by Crippen LogP contribution is -2.12. The SMILES string of the molecule is COc1cc(NC(=O)CCc2ccc(N)cc2)ccc1Br. The first kappa shape index (κ1) is 15.4. The lowest BCUT2D eigenvalue weighted by molar-refractivity contribution is -0.116. The highest BCUT2D eigenvalue weighted by atomic mass is 79.9. The standard InChI is InChI=1S/C16H17BrN2O2/c1-21-15-10-13(7-8-14(15)17)19-16(20)9-4-11-2-5-12(18)6-3-11/h2-3,5-8,10H,4,9,18H2,1H3,(H,19,20). The van der Waals surface area contributed by atoms with E-state index in [2.05, 4.69) is 21.2 Å². The Morgan fingerprint density at radius 2 is 1.95 bits per heavy atom. The Hall–Kier alpha value is -2.01. The van der Waals surface area contributed by atoms with Gasteiger partial charge in [0.25, 0.3) is 0 Å². The van der Waals surface area contributed by atoms with E-state index in [-0.39, 0.29) is 5.91 Å². The highest BCUT2D eigenvalue weighted by Gasteiger charge is 2.06. The molecule has 0 saturated heterocycles. The van der Waals surface area contributed by atoms with E-state index in [0.717, 1.165) is 21.4 Å². The Balaban J connectivity index is 1.91. The summed E-state index contributed by atoms with van der Waals surface area (Å²) in [4.78, 5) is 11.9. The largest absolute Gasteiger partial charge is 0.495 e. The first-order valence-corrected chi connectivity index (χ1v) is 7.35. The van der Waals surface area contributed by atoms with Gasteiger partial charge in [-0.25, -0.2) is 0 Å². The summed E-state index contributed by atoms with van der Waals surface area (Å²) in [6.45, 7) is 0. The molecule has 0 heterocycles. The van der Waals surface area contributed by atoms with Gasteiger partial charge in [-0.2, -0.15) is 0 Å². The number of amides is 1. The molecule has 0 saturated carbocycles. The molecule has 2 aromatic rings. The highest BCUT2D eigenvalue weighted by Crippen LogP contribution is 2.27. The van der Waals surface area contributed by atoms with Gasteiger partial charge >= 0.3 is 0 Å². The Kier molecular flexibility index (Phi) is 5.22. The number of rotatable bonds is 5. The molecule has 2 rings (SSSR count). The number of carbonyl (C=O) groups excluding carboxylic acids is 1. The number of halogens is 1. The Labute approximate surface area is 132 Å². The molecule has 1 amide bonds. The minimum Gasteiger partial charge on any atom is -0.495 e. The fourth-order valence-corrected chi connectivity index (χ4v) is 2.31. The molecule has 0 aliphatic rings. The molecular weight excluding hydrogens is 332 g/mol. The van der Waals surface area contributed by atoms with Crippen LogP contribution in [0.25, 0.3) is 0 Å². The monoisotopic (exact) mass is 348 g/mol. The minimum absolute atomic E-state index is 0.0313. The van der Waals surface area contributed by atoms with Crippen molar-refractivity contribution in [1.29, 1.82) is 0 Å². The Morgan fingerprint density at radius 3 is 2.62 bits per heavy atom. The van der Waals surface area contributed by atoms with Crippen molar-refractivity contribution in [1.82, 2.24) is 0 Å². The average molecular weight is 349 g/mol. The second-order valence-corrected chi connectivity index (χ2v) is 5.49. The van der Waals surface area contributed by atoms with Gasteiger partial charge in [-0.1, -0.05) is 12.1 Å². The van der Waals surface area contributed by atoms with Gasteiger partial charge in [-0.3, -0.25) is 4.79 Å². The molecule has 2 aromatic carbocycles. The topological polar surface area (TPSA) is 64.3 Å². The lowest BCUT2D eigenvalue weighted by Gasteiger charge is -2.08. The molecule has 5 heteroatoms. The Morgan fingerprint density at radius 1 is 1.24 bits per heavy atom. The minimum atomic E-state index is -0.0313. The van der Waals surface area contributed by atoms with Crippen molar-refractivity contribution in [2.24, 2.45) is 0 Å². The Bertz CT molecular complexity index is 627. The number of aryl methyl sites for hydroxylation is 1. The number of ether oxygens (including phenoxy) is 1. The number of nitrogen functional groups attached to an aromatic ring is 1. The number of benzene rings is 2. The average Bonchev–Trinajstić information content (AvgIpc) is 2.48. The second kappa shape index (κ2) is 7.13. The van der Waals surface area contributed by atoms with E-state index in [1.807, 2.05) is 36.4 Å². The maximum Gasteiger partial charge on any atom is 0.224 e. The number of anilines is 2. The van der Waals surface area contributed by atoms with E-state index >= 15 is 0 Å². The van der Waals surface area contributed by atoms with E-state index in [1.54, 1.807) is 13.2 Å². The summed E-state index contributed by atoms with van der Waals surface area (Å²) in [5.74, 6) is 0.655. The third kappa shape index (κ3) is 4.49. The third-order valence-electron chi connectivity index (χ3n) is 3.06. The van der Waals surface area contributed by atoms with Crippen molar-refractivity contribution < 1.29 is 9.53 Å². The van der Waals surface area contributed by atoms with Gasteiger partial charge in [-0.15, -0.1) is 0 Å². The third-order valence-corrected chi connectivity index (χ3v) is 3.71. The smallest absolute Gasteiger partial charge is 0.224 e. The number of nitrogens with two attached hydrogens (primary N) is 1. The van der Waals surface area contributed by atoms with Crippen LogP contribution in [-0.2, 0) is 11.2 Å². The van der Waals surface area contributed by atoms with E-state index < -0.39 is 0 Å². The normalized spacial score (nSPS) is 10.2. The molecule has 0 radical (unpaired) electrons. The van der Waals surface area contributed by atoms with Crippen LogP contribution in [0.15, 0.2) is 46.9 Å². The van der Waals surface area contributed by atoms with Crippen LogP contribution in [-0.4, -0.2) is 13.0 Å². The van der Waals surface area contributed by atoms with Crippen molar-refractivity contribution in [2.75, 3.05) is 18.2 Å². The summed E-state index contributed by atoms with van der Waals surface area (Å²) in [6, 6.07) is 13.0. The molecule has 110 valence electrons. The molecule has 0 atom stereocenters. The van der Waals surface area contributed by atoms with Crippen molar-refractivity contribution in [3.63, 3.8) is 0 Å². The number of hydrogen-bond donors (Lipinski definition) is 2. The first-order chi connectivity index (χ1) is 10.1. The van der Waals surface area contributed by atoms with Crippen LogP contribution >= 0.6 is 15.9 Å². The molecule has 0 aliphatic carbocycles. The molecule has 0 spiro atoms. The van der Waals surface area contributed by atoms with Gasteiger partial charge in [0.05, 0.1) is 11.6 Å². The molecule has 0 bridgehead atoms. The maximum atomic E-state index is 11.9. The van der Waals surface area contributed by atoms with Crippen LogP contribution < -0.4 is 15.8 Å². The molecule has 4 nitrogen and oxygen atoms in total. The van der Waals surface area contributed by atoms with Crippen molar-refractivity contribution in [3.05, 3.63) is 52.5 Å². The van der Waals surface area contributed by atoms with Crippen LogP contribution in [0, 0.1) is 0 Å². The number of carbonyl (C=O) groups is 1. The van der Waals surface area contributed by atoms with Crippen LogP contribution in [0.1, 0.15) is 12.0 Å². The quantitative estimate of drug-likeness (QED) is 0.811. The van der Waals surface area contributed by atoms with Crippen molar-refractivity contribution in [3.8, 4) is 5.75 Å². The molecule has 3 N–H and O–H groups in total. The summed E-state index contributed by atoms with van der Waals surface area (Å²) >= 11 is 3.38. The van der Waals surface area contributed by atoms with Crippen LogP contribution in [0.2, 0.25) is 0 Å². The molecule has 0 aromatic heterocycles. The molecule has 0 fully saturated rings. The van der Waals surface area contributed by atoms with E-state index in [1.165, 1.54) is 0 Å². The van der Waals surface area contributed by atoms with Gasteiger partial charge in [0.1, 0.15) is 5.75 Å². The number of nitrogens with one attached hydrogen (secondary N) is 1. The van der Waals surface area contributed by atoms with Gasteiger partial charge < -0.3 is 15.8 Å². The summed E-state index contributed by atoms with van der Waals surface area (Å²) in [7, 11) is 1.59. The zero-order chi connectivity index (χ0) is 15.2. The van der Waals surface area contributed by atoms with Crippen molar-refractivity contribution in [2.45, 2.75) is 12.8 Å². The molecule has 21 heavy (non-hydrogen) atoms. The van der Waals surface area contributed by atoms with Gasteiger partial charge in [-0.05, 0) is 52.2 Å². The van der Waals surface area contributed by atoms with Gasteiger partial charge in [0, 0.05) is 23.9 Å². The van der Waals surface area contributed by atoms with Crippen LogP contribution in [0.3, 0.4) is 0 Å². The first-order valence-electron chi connectivity index (χ1n) is 6.56. The highest BCUT2D eigenvalue weighted by molar-refractivity contribution is 9.10. The second-order valence-electron chi connectivity index (χ2n) is 4.64. The maximum absolute atomic E-state index is 11.9. The van der Waals surface area contributed by atoms with E-state index in [4.69, 9.17) is 10.5 Å². The summed E-state index contributed by atoms with van der Waals surface area (Å²) in [5.41, 5.74) is 8.17. The van der Waals surface area contributed by atoms with Crippen LogP contribution in [0.4, 0.5) is 11.4 Å². The zero-order valence-corrected chi connectivity index (χ0v) is 13.3. The zero-order valence-electron chi connectivity index (χ0n) is 11.7.